The molecule has 2 aromatic rings. The standard InChI is InChI=1S/C11H6Cl3N3O3/c1-5-15-9(14)4-10(16-5)20-11-7(12)2-6(17(18)19)3-8(11)13/h2-4H,1H3. The highest BCUT2D eigenvalue weighted by Gasteiger charge is 2.17. The molecule has 2 rings (SSSR count). The van der Waals surface area contributed by atoms with Crippen molar-refractivity contribution in [2.75, 3.05) is 0 Å². The lowest BCUT2D eigenvalue weighted by atomic mass is 10.3. The molecule has 0 spiro atoms. The van der Waals surface area contributed by atoms with Crippen molar-refractivity contribution in [1.29, 1.82) is 0 Å². The molecule has 1 heterocycles. The van der Waals surface area contributed by atoms with Crippen LogP contribution in [0, 0.1) is 17.0 Å². The van der Waals surface area contributed by atoms with Gasteiger partial charge in [-0.3, -0.25) is 10.1 Å². The lowest BCUT2D eigenvalue weighted by Gasteiger charge is -2.09. The van der Waals surface area contributed by atoms with Crippen LogP contribution >= 0.6 is 34.8 Å². The Morgan fingerprint density at radius 2 is 1.75 bits per heavy atom. The fourth-order valence-electron chi connectivity index (χ4n) is 1.41. The second-order valence-corrected chi connectivity index (χ2v) is 4.88. The van der Waals surface area contributed by atoms with E-state index in [9.17, 15) is 10.1 Å². The van der Waals surface area contributed by atoms with Crippen molar-refractivity contribution < 1.29 is 9.66 Å². The van der Waals surface area contributed by atoms with Crippen molar-refractivity contribution in [2.45, 2.75) is 6.92 Å². The highest BCUT2D eigenvalue weighted by Crippen LogP contribution is 2.39. The van der Waals surface area contributed by atoms with E-state index in [1.807, 2.05) is 0 Å². The number of benzene rings is 1. The lowest BCUT2D eigenvalue weighted by molar-refractivity contribution is -0.384. The van der Waals surface area contributed by atoms with Gasteiger partial charge in [-0.05, 0) is 6.92 Å². The number of ether oxygens (including phenoxy) is 1. The molecule has 0 saturated carbocycles. The maximum atomic E-state index is 10.7. The Kier molecular flexibility index (Phi) is 4.27. The Hall–Kier alpha value is -1.63. The van der Waals surface area contributed by atoms with Crippen molar-refractivity contribution in [3.8, 4) is 11.6 Å². The summed E-state index contributed by atoms with van der Waals surface area (Å²) in [5.41, 5.74) is -0.232. The van der Waals surface area contributed by atoms with Gasteiger partial charge in [0.15, 0.2) is 5.75 Å². The summed E-state index contributed by atoms with van der Waals surface area (Å²) in [6.07, 6.45) is 0. The summed E-state index contributed by atoms with van der Waals surface area (Å²) in [6.45, 7) is 1.64. The fourth-order valence-corrected chi connectivity index (χ4v) is 2.18. The molecule has 104 valence electrons. The Morgan fingerprint density at radius 1 is 1.15 bits per heavy atom. The summed E-state index contributed by atoms with van der Waals surface area (Å²) in [4.78, 5) is 17.9. The summed E-state index contributed by atoms with van der Waals surface area (Å²) >= 11 is 17.6. The van der Waals surface area contributed by atoms with E-state index in [0.29, 0.717) is 5.82 Å². The van der Waals surface area contributed by atoms with Gasteiger partial charge < -0.3 is 4.74 Å². The number of nitrogens with zero attached hydrogens (tertiary/aromatic N) is 3. The van der Waals surface area contributed by atoms with Crippen LogP contribution in [0.25, 0.3) is 0 Å². The number of halogens is 3. The molecule has 0 bridgehead atoms. The normalized spacial score (nSPS) is 10.4. The fraction of sp³-hybridized carbons (Fsp3) is 0.0909. The second kappa shape index (κ2) is 5.78. The maximum Gasteiger partial charge on any atom is 0.272 e. The number of rotatable bonds is 3. The van der Waals surface area contributed by atoms with E-state index in [-0.39, 0.29) is 32.5 Å². The Balaban J connectivity index is 2.41. The van der Waals surface area contributed by atoms with Gasteiger partial charge in [-0.25, -0.2) is 4.98 Å². The Morgan fingerprint density at radius 3 is 2.25 bits per heavy atom. The minimum Gasteiger partial charge on any atom is -0.436 e. The van der Waals surface area contributed by atoms with Gasteiger partial charge in [0.05, 0.1) is 15.0 Å². The zero-order valence-electron chi connectivity index (χ0n) is 9.93. The third-order valence-corrected chi connectivity index (χ3v) is 2.94. The average molecular weight is 335 g/mol. The third-order valence-electron chi connectivity index (χ3n) is 2.18. The SMILES string of the molecule is Cc1nc(Cl)cc(Oc2c(Cl)cc([N+](=O)[O-])cc2Cl)n1. The number of non-ortho nitro benzene ring substituents is 1. The molecule has 0 amide bonds. The largest absolute Gasteiger partial charge is 0.436 e. The molecular weight excluding hydrogens is 328 g/mol. The number of nitro benzene ring substituents is 1. The zero-order valence-corrected chi connectivity index (χ0v) is 12.2. The van der Waals surface area contributed by atoms with E-state index in [2.05, 4.69) is 9.97 Å². The van der Waals surface area contributed by atoms with E-state index >= 15 is 0 Å². The van der Waals surface area contributed by atoms with Gasteiger partial charge in [-0.2, -0.15) is 4.98 Å². The summed E-state index contributed by atoms with van der Waals surface area (Å²) in [7, 11) is 0. The van der Waals surface area contributed by atoms with E-state index < -0.39 is 4.92 Å². The molecule has 0 aliphatic heterocycles. The molecule has 0 N–H and O–H groups in total. The van der Waals surface area contributed by atoms with Gasteiger partial charge in [-0.1, -0.05) is 34.8 Å². The van der Waals surface area contributed by atoms with Gasteiger partial charge >= 0.3 is 0 Å². The van der Waals surface area contributed by atoms with Crippen molar-refractivity contribution in [2.24, 2.45) is 0 Å². The van der Waals surface area contributed by atoms with Crippen LogP contribution in [0.5, 0.6) is 11.6 Å². The summed E-state index contributed by atoms with van der Waals surface area (Å²) < 4.78 is 5.41. The Bertz CT molecular complexity index is 651. The van der Waals surface area contributed by atoms with Crippen LogP contribution in [0.1, 0.15) is 5.82 Å². The summed E-state index contributed by atoms with van der Waals surface area (Å²) in [5.74, 6) is 0.606. The first kappa shape index (κ1) is 14.8. The highest BCUT2D eigenvalue weighted by atomic mass is 35.5. The summed E-state index contributed by atoms with van der Waals surface area (Å²) in [5, 5.41) is 10.9. The molecular formula is C11H6Cl3N3O3. The van der Waals surface area contributed by atoms with Gasteiger partial charge in [0, 0.05) is 18.2 Å². The van der Waals surface area contributed by atoms with Gasteiger partial charge in [0.2, 0.25) is 5.88 Å². The van der Waals surface area contributed by atoms with Crippen LogP contribution in [-0.2, 0) is 0 Å². The predicted octanol–water partition coefficient (Wildman–Crippen LogP) is 4.45. The first-order valence-corrected chi connectivity index (χ1v) is 6.32. The second-order valence-electron chi connectivity index (χ2n) is 3.67. The van der Waals surface area contributed by atoms with Gasteiger partial charge in [0.25, 0.3) is 5.69 Å². The van der Waals surface area contributed by atoms with Crippen molar-refractivity contribution >= 4 is 40.5 Å². The monoisotopic (exact) mass is 333 g/mol. The number of nitro groups is 1. The number of hydrogen-bond donors (Lipinski definition) is 0. The molecule has 9 heteroatoms. The van der Waals surface area contributed by atoms with Crippen LogP contribution in [0.4, 0.5) is 5.69 Å². The average Bonchev–Trinajstić information content (AvgIpc) is 2.32. The molecule has 0 fully saturated rings. The molecule has 1 aromatic heterocycles. The van der Waals surface area contributed by atoms with Crippen LogP contribution in [-0.4, -0.2) is 14.9 Å². The lowest BCUT2D eigenvalue weighted by Crippen LogP contribution is -1.95. The smallest absolute Gasteiger partial charge is 0.272 e. The highest BCUT2D eigenvalue weighted by molar-refractivity contribution is 6.37. The minimum atomic E-state index is -0.604. The number of aryl methyl sites for hydroxylation is 1. The first-order valence-electron chi connectivity index (χ1n) is 5.19. The Labute approximate surface area is 128 Å². The maximum absolute atomic E-state index is 10.7. The van der Waals surface area contributed by atoms with Crippen LogP contribution < -0.4 is 4.74 Å². The molecule has 0 aliphatic rings. The first-order chi connectivity index (χ1) is 9.36. The van der Waals surface area contributed by atoms with Crippen molar-refractivity contribution in [1.82, 2.24) is 9.97 Å². The van der Waals surface area contributed by atoms with E-state index in [0.717, 1.165) is 12.1 Å². The third kappa shape index (κ3) is 3.27. The molecule has 0 radical (unpaired) electrons. The zero-order chi connectivity index (χ0) is 14.9. The molecule has 0 saturated heterocycles. The van der Waals surface area contributed by atoms with Gasteiger partial charge in [-0.15, -0.1) is 0 Å². The topological polar surface area (TPSA) is 78.2 Å². The molecule has 0 atom stereocenters. The quantitative estimate of drug-likeness (QED) is 0.471. The molecule has 0 unspecified atom stereocenters. The molecule has 0 aliphatic carbocycles. The molecule has 6 nitrogen and oxygen atoms in total. The number of hydrogen-bond acceptors (Lipinski definition) is 5. The molecule has 1 aromatic carbocycles. The predicted molar refractivity (Wildman–Crippen MR) is 75.0 cm³/mol. The van der Waals surface area contributed by atoms with E-state index in [1.54, 1.807) is 6.92 Å². The van der Waals surface area contributed by atoms with E-state index in [1.165, 1.54) is 6.07 Å². The molecule has 20 heavy (non-hydrogen) atoms. The van der Waals surface area contributed by atoms with Crippen molar-refractivity contribution in [3.63, 3.8) is 0 Å². The summed E-state index contributed by atoms with van der Waals surface area (Å²) in [6, 6.07) is 3.65. The minimum absolute atomic E-state index is 0.00316. The van der Waals surface area contributed by atoms with Crippen LogP contribution in [0.15, 0.2) is 18.2 Å². The van der Waals surface area contributed by atoms with E-state index in [4.69, 9.17) is 39.5 Å². The van der Waals surface area contributed by atoms with Crippen molar-refractivity contribution in [3.05, 3.63) is 49.3 Å². The van der Waals surface area contributed by atoms with Crippen LogP contribution in [0.2, 0.25) is 15.2 Å². The number of aromatic nitrogens is 2. The van der Waals surface area contributed by atoms with Crippen LogP contribution in [0.3, 0.4) is 0 Å². The van der Waals surface area contributed by atoms with Gasteiger partial charge in [0.1, 0.15) is 11.0 Å².